The van der Waals surface area contributed by atoms with Crippen molar-refractivity contribution in [1.82, 2.24) is 24.8 Å². The summed E-state index contributed by atoms with van der Waals surface area (Å²) in [5.74, 6) is -2.50. The molecular formula is C27H31N5O5S. The van der Waals surface area contributed by atoms with Gasteiger partial charge >= 0.3 is 5.97 Å². The van der Waals surface area contributed by atoms with Crippen LogP contribution in [0.2, 0.25) is 0 Å². The molecule has 2 fully saturated rings. The molecule has 0 saturated carbocycles. The van der Waals surface area contributed by atoms with Crippen LogP contribution in [0.5, 0.6) is 0 Å². The van der Waals surface area contributed by atoms with Gasteiger partial charge in [-0.2, -0.15) is 0 Å². The summed E-state index contributed by atoms with van der Waals surface area (Å²) >= 11 is 1.50. The molecular weight excluding hydrogens is 506 g/mol. The van der Waals surface area contributed by atoms with Gasteiger partial charge in [0.15, 0.2) is 0 Å². The van der Waals surface area contributed by atoms with Gasteiger partial charge in [-0.3, -0.25) is 14.4 Å². The third-order valence-corrected chi connectivity index (χ3v) is 10.0. The molecule has 11 heteroatoms. The largest absolute Gasteiger partial charge is 0.465 e. The summed E-state index contributed by atoms with van der Waals surface area (Å²) in [4.78, 5) is 45.2. The molecule has 4 aliphatic rings. The predicted molar refractivity (Wildman–Crippen MR) is 141 cm³/mol. The number of cyclic esters (lactones) is 1. The molecule has 2 saturated heterocycles. The van der Waals surface area contributed by atoms with Gasteiger partial charge in [0.05, 0.1) is 41.4 Å². The Morgan fingerprint density at radius 2 is 1.97 bits per heavy atom. The number of aromatic nitrogens is 3. The van der Waals surface area contributed by atoms with E-state index in [9.17, 15) is 19.5 Å². The normalized spacial score (nSPS) is 34.6. The molecule has 38 heavy (non-hydrogen) atoms. The molecule has 1 spiro atoms. The Morgan fingerprint density at radius 1 is 1.16 bits per heavy atom. The fraction of sp³-hybridized carbons (Fsp3) is 0.519. The van der Waals surface area contributed by atoms with Crippen LogP contribution in [0.3, 0.4) is 0 Å². The summed E-state index contributed by atoms with van der Waals surface area (Å²) in [7, 11) is 0. The van der Waals surface area contributed by atoms with Crippen molar-refractivity contribution in [2.24, 2.45) is 11.8 Å². The number of carbonyl (C=O) groups is 3. The zero-order valence-corrected chi connectivity index (χ0v) is 22.2. The number of hydrogen-bond donors (Lipinski definition) is 1. The molecule has 6 rings (SSSR count). The Balaban J connectivity index is 1.44. The molecule has 1 N–H and O–H groups in total. The summed E-state index contributed by atoms with van der Waals surface area (Å²) < 4.78 is 5.60. The lowest BCUT2D eigenvalue weighted by Crippen LogP contribution is -2.56. The van der Waals surface area contributed by atoms with Crippen molar-refractivity contribution in [2.45, 2.75) is 54.9 Å². The van der Waals surface area contributed by atoms with E-state index in [1.54, 1.807) is 16.5 Å². The number of ether oxygens (including phenoxy) is 1. The van der Waals surface area contributed by atoms with Crippen LogP contribution in [-0.2, 0) is 25.8 Å². The summed E-state index contributed by atoms with van der Waals surface area (Å²) in [5.41, 5.74) is 1.53. The lowest BCUT2D eigenvalue weighted by molar-refractivity contribution is -0.154. The second-order valence-electron chi connectivity index (χ2n) is 10.7. The molecule has 1 unspecified atom stereocenters. The van der Waals surface area contributed by atoms with E-state index in [1.165, 1.54) is 16.7 Å². The molecule has 4 aliphatic heterocycles. The highest BCUT2D eigenvalue weighted by molar-refractivity contribution is 8.02. The Bertz CT molecular complexity index is 1360. The molecule has 6 atom stereocenters. The van der Waals surface area contributed by atoms with Crippen LogP contribution in [0, 0.1) is 11.8 Å². The highest BCUT2D eigenvalue weighted by atomic mass is 32.2. The summed E-state index contributed by atoms with van der Waals surface area (Å²) in [6, 6.07) is 6.04. The molecule has 2 amide bonds. The first kappa shape index (κ1) is 25.1. The van der Waals surface area contributed by atoms with Crippen LogP contribution in [-0.4, -0.2) is 89.0 Å². The minimum absolute atomic E-state index is 0.157. The maximum absolute atomic E-state index is 14.4. The van der Waals surface area contributed by atoms with Gasteiger partial charge in [0, 0.05) is 11.3 Å². The molecule has 0 radical (unpaired) electrons. The second-order valence-corrected chi connectivity index (χ2v) is 12.5. The quantitative estimate of drug-likeness (QED) is 0.463. The van der Waals surface area contributed by atoms with Gasteiger partial charge in [-0.05, 0) is 38.8 Å². The van der Waals surface area contributed by atoms with Crippen LogP contribution in [0.1, 0.15) is 26.7 Å². The maximum Gasteiger partial charge on any atom is 0.311 e. The minimum Gasteiger partial charge on any atom is -0.465 e. The topological polar surface area (TPSA) is 118 Å². The third-order valence-electron chi connectivity index (χ3n) is 8.24. The first-order valence-electron chi connectivity index (χ1n) is 13.0. The maximum atomic E-state index is 14.4. The molecule has 0 bridgehead atoms. The van der Waals surface area contributed by atoms with E-state index in [4.69, 9.17) is 4.74 Å². The van der Waals surface area contributed by atoms with Gasteiger partial charge in [-0.1, -0.05) is 41.7 Å². The summed E-state index contributed by atoms with van der Waals surface area (Å²) in [5, 5.41) is 18.6. The number of likely N-dealkylation sites (tertiary alicyclic amines) is 1. The van der Waals surface area contributed by atoms with Gasteiger partial charge in [0.25, 0.3) is 0 Å². The fourth-order valence-electron chi connectivity index (χ4n) is 6.49. The van der Waals surface area contributed by atoms with Gasteiger partial charge in [0.2, 0.25) is 11.8 Å². The molecule has 2 aromatic rings. The van der Waals surface area contributed by atoms with Crippen LogP contribution < -0.4 is 0 Å². The predicted octanol–water partition coefficient (Wildman–Crippen LogP) is 1.75. The molecule has 10 nitrogen and oxygen atoms in total. The van der Waals surface area contributed by atoms with Gasteiger partial charge in [0.1, 0.15) is 18.2 Å². The van der Waals surface area contributed by atoms with Crippen molar-refractivity contribution in [3.8, 4) is 0 Å². The number of para-hydroxylation sites is 1. The number of amides is 2. The highest BCUT2D eigenvalue weighted by Crippen LogP contribution is 2.65. The van der Waals surface area contributed by atoms with Gasteiger partial charge in [-0.15, -0.1) is 16.9 Å². The zero-order valence-electron chi connectivity index (χ0n) is 21.4. The van der Waals surface area contributed by atoms with Crippen LogP contribution in [0.15, 0.2) is 48.6 Å². The number of esters is 1. The Hall–Kier alpha value is -3.18. The van der Waals surface area contributed by atoms with Crippen molar-refractivity contribution in [1.29, 1.82) is 0 Å². The first-order chi connectivity index (χ1) is 18.3. The number of aliphatic hydroxyl groups excluding tert-OH is 1. The molecule has 0 aliphatic carbocycles. The highest BCUT2D eigenvalue weighted by Gasteiger charge is 2.74. The fourth-order valence-corrected chi connectivity index (χ4v) is 8.63. The number of fused-ring (bicyclic) bond motifs is 3. The number of allylic oxidation sites excluding steroid dienone is 1. The van der Waals surface area contributed by atoms with E-state index in [2.05, 4.69) is 16.4 Å². The minimum atomic E-state index is -0.987. The smallest absolute Gasteiger partial charge is 0.311 e. The number of rotatable bonds is 4. The lowest BCUT2D eigenvalue weighted by Gasteiger charge is -2.38. The lowest BCUT2D eigenvalue weighted by atomic mass is 9.74. The number of nitrogens with zero attached hydrogens (tertiary/aromatic N) is 5. The van der Waals surface area contributed by atoms with E-state index < -0.39 is 39.4 Å². The van der Waals surface area contributed by atoms with E-state index in [-0.39, 0.29) is 25.1 Å². The van der Waals surface area contributed by atoms with Gasteiger partial charge in [-0.25, -0.2) is 4.68 Å². The Labute approximate surface area is 224 Å². The van der Waals surface area contributed by atoms with Crippen molar-refractivity contribution in [3.05, 3.63) is 48.6 Å². The standard InChI is InChI=1S/C27H31N5O5S/c1-17(15-33)32-22-24(35)30(16-31-19-10-5-4-9-18(19)28-29-31)13-8-12-27(22)20(23(32)34)21-25(36)37-14-7-3-6-11-26(21,2)38-27/h4-6,8-12,17,20-22,33H,3,7,13-16H2,1-2H3/b11-6-/t17-,20+,21+,22?,26-,27+/m1/s1. The Kier molecular flexibility index (Phi) is 6.10. The zero-order chi connectivity index (χ0) is 26.7. The number of thioether (sulfide) groups is 1. The van der Waals surface area contributed by atoms with Crippen molar-refractivity contribution < 1.29 is 24.2 Å². The van der Waals surface area contributed by atoms with Crippen LogP contribution in [0.4, 0.5) is 0 Å². The van der Waals surface area contributed by atoms with E-state index >= 15 is 0 Å². The molecule has 5 heterocycles. The van der Waals surface area contributed by atoms with Crippen LogP contribution in [0.25, 0.3) is 11.0 Å². The molecule has 1 aromatic heterocycles. The number of hydrogen-bond acceptors (Lipinski definition) is 8. The summed E-state index contributed by atoms with van der Waals surface area (Å²) in [6.45, 7) is 4.16. The SMILES string of the molecule is C[C@H](CO)N1C(=O)[C@@H]2[C@H]3C(=O)OCCC/C=C\[C@@]3(C)S[C@@]23C=CCN(Cn2nnc4ccccc42)C(=O)C13. The van der Waals surface area contributed by atoms with E-state index in [0.717, 1.165) is 23.9 Å². The van der Waals surface area contributed by atoms with Crippen molar-refractivity contribution >= 4 is 40.6 Å². The average Bonchev–Trinajstić information content (AvgIpc) is 3.48. The molecule has 200 valence electrons. The number of benzene rings is 1. The van der Waals surface area contributed by atoms with Crippen LogP contribution >= 0.6 is 11.8 Å². The summed E-state index contributed by atoms with van der Waals surface area (Å²) in [6.07, 6.45) is 9.44. The van der Waals surface area contributed by atoms with Gasteiger partial charge < -0.3 is 19.6 Å². The molecule has 1 aromatic carbocycles. The third kappa shape index (κ3) is 3.62. The Morgan fingerprint density at radius 3 is 2.79 bits per heavy atom. The monoisotopic (exact) mass is 537 g/mol. The second kappa shape index (κ2) is 9.23. The van der Waals surface area contributed by atoms with Crippen molar-refractivity contribution in [2.75, 3.05) is 19.8 Å². The van der Waals surface area contributed by atoms with E-state index in [0.29, 0.717) is 13.2 Å². The average molecular weight is 538 g/mol. The van der Waals surface area contributed by atoms with E-state index in [1.807, 2.05) is 49.4 Å². The van der Waals surface area contributed by atoms with Crippen molar-refractivity contribution in [3.63, 3.8) is 0 Å². The number of aliphatic hydroxyl groups is 1. The number of carbonyl (C=O) groups excluding carboxylic acids is 3. The first-order valence-corrected chi connectivity index (χ1v) is 13.8.